The van der Waals surface area contributed by atoms with Crippen LogP contribution in [0.15, 0.2) is 77.7 Å². The van der Waals surface area contributed by atoms with E-state index in [1.165, 1.54) is 6.26 Å². The molecule has 0 saturated carbocycles. The average Bonchev–Trinajstić information content (AvgIpc) is 3.08. The molecule has 3 aromatic rings. The van der Waals surface area contributed by atoms with Crippen molar-refractivity contribution in [2.45, 2.75) is 29.9 Å². The van der Waals surface area contributed by atoms with Gasteiger partial charge in [-0.05, 0) is 79.0 Å². The Morgan fingerprint density at radius 2 is 1.56 bits per heavy atom. The summed E-state index contributed by atoms with van der Waals surface area (Å²) in [6.07, 6.45) is 2.71. The Hall–Kier alpha value is -2.42. The van der Waals surface area contributed by atoms with Crippen LogP contribution in [0.2, 0.25) is 5.02 Å². The molecule has 0 spiro atoms. The van der Waals surface area contributed by atoms with E-state index in [-0.39, 0.29) is 5.75 Å². The molecule has 3 aromatic carbocycles. The standard InChI is InChI=1S/C28H33ClN2O4S/c1-36(34,35)27-12-6-22(7-13-27)21-31-16-3-15-30(18-19-31)17-14-28(33,23-8-10-25(29)11-9-23)24-4-2-5-26(32)20-24/h2,4-13,20,32-33H,3,14-19,21H2,1H3. The van der Waals surface area contributed by atoms with Gasteiger partial charge in [-0.25, -0.2) is 8.42 Å². The number of phenols is 1. The average molecular weight is 529 g/mol. The summed E-state index contributed by atoms with van der Waals surface area (Å²) in [6, 6.07) is 21.2. The predicted molar refractivity (Wildman–Crippen MR) is 143 cm³/mol. The highest BCUT2D eigenvalue weighted by Gasteiger charge is 2.32. The van der Waals surface area contributed by atoms with Crippen molar-refractivity contribution in [1.82, 2.24) is 9.80 Å². The Morgan fingerprint density at radius 3 is 2.22 bits per heavy atom. The molecule has 192 valence electrons. The van der Waals surface area contributed by atoms with Gasteiger partial charge in [0.1, 0.15) is 11.4 Å². The Labute approximate surface area is 218 Å². The van der Waals surface area contributed by atoms with Crippen LogP contribution < -0.4 is 0 Å². The minimum absolute atomic E-state index is 0.120. The Kier molecular flexibility index (Phi) is 8.37. The van der Waals surface area contributed by atoms with Crippen LogP contribution in [0.25, 0.3) is 0 Å². The third-order valence-corrected chi connectivity index (χ3v) is 8.25. The van der Waals surface area contributed by atoms with Gasteiger partial charge in [0.2, 0.25) is 0 Å². The Bertz CT molecular complexity index is 1270. The van der Waals surface area contributed by atoms with Crippen molar-refractivity contribution >= 4 is 21.4 Å². The van der Waals surface area contributed by atoms with Gasteiger partial charge in [0.15, 0.2) is 9.84 Å². The molecule has 0 bridgehead atoms. The van der Waals surface area contributed by atoms with Crippen molar-refractivity contribution in [3.8, 4) is 5.75 Å². The van der Waals surface area contributed by atoms with Crippen LogP contribution in [0, 0.1) is 0 Å². The highest BCUT2D eigenvalue weighted by Crippen LogP contribution is 2.35. The van der Waals surface area contributed by atoms with Gasteiger partial charge in [0, 0.05) is 37.5 Å². The molecule has 8 heteroatoms. The van der Waals surface area contributed by atoms with E-state index in [1.807, 2.05) is 30.3 Å². The third kappa shape index (κ3) is 6.66. The molecule has 1 atom stereocenters. The molecule has 0 radical (unpaired) electrons. The Morgan fingerprint density at radius 1 is 0.889 bits per heavy atom. The minimum Gasteiger partial charge on any atom is -0.508 e. The van der Waals surface area contributed by atoms with Crippen LogP contribution in [0.3, 0.4) is 0 Å². The lowest BCUT2D eigenvalue weighted by Gasteiger charge is -2.32. The molecule has 4 rings (SSSR count). The number of hydrogen-bond donors (Lipinski definition) is 2. The van der Waals surface area contributed by atoms with Gasteiger partial charge in [-0.1, -0.05) is 48.0 Å². The van der Waals surface area contributed by atoms with Crippen LogP contribution in [0.1, 0.15) is 29.5 Å². The number of halogens is 1. The summed E-state index contributed by atoms with van der Waals surface area (Å²) in [7, 11) is -3.19. The number of aromatic hydroxyl groups is 1. The lowest BCUT2D eigenvalue weighted by Crippen LogP contribution is -2.36. The summed E-state index contributed by atoms with van der Waals surface area (Å²) >= 11 is 6.09. The van der Waals surface area contributed by atoms with E-state index < -0.39 is 15.4 Å². The number of phenolic OH excluding ortho intramolecular Hbond substituents is 1. The molecule has 36 heavy (non-hydrogen) atoms. The summed E-state index contributed by atoms with van der Waals surface area (Å²) in [5.41, 5.74) is 1.23. The fourth-order valence-electron chi connectivity index (χ4n) is 4.77. The summed E-state index contributed by atoms with van der Waals surface area (Å²) in [4.78, 5) is 5.10. The van der Waals surface area contributed by atoms with Crippen molar-refractivity contribution in [2.75, 3.05) is 39.0 Å². The molecular formula is C28H33ClN2O4S. The van der Waals surface area contributed by atoms with Crippen LogP contribution in [0.4, 0.5) is 0 Å². The minimum atomic E-state index is -3.19. The number of sulfone groups is 1. The van der Waals surface area contributed by atoms with E-state index in [9.17, 15) is 18.6 Å². The van der Waals surface area contributed by atoms with Crippen LogP contribution in [0.5, 0.6) is 5.75 Å². The van der Waals surface area contributed by atoms with Gasteiger partial charge in [-0.15, -0.1) is 0 Å². The molecule has 1 unspecified atom stereocenters. The van der Waals surface area contributed by atoms with Crippen molar-refractivity contribution in [2.24, 2.45) is 0 Å². The van der Waals surface area contributed by atoms with Crippen LogP contribution in [-0.4, -0.2) is 67.4 Å². The second-order valence-electron chi connectivity index (χ2n) is 9.55. The number of rotatable bonds is 8. The molecule has 2 N–H and O–H groups in total. The maximum absolute atomic E-state index is 11.9. The van der Waals surface area contributed by atoms with E-state index in [0.717, 1.165) is 50.3 Å². The van der Waals surface area contributed by atoms with Crippen molar-refractivity contribution in [3.05, 3.63) is 94.5 Å². The van der Waals surface area contributed by atoms with E-state index in [2.05, 4.69) is 9.80 Å². The van der Waals surface area contributed by atoms with Gasteiger partial charge in [0.05, 0.1) is 4.90 Å². The molecule has 1 saturated heterocycles. The SMILES string of the molecule is CS(=O)(=O)c1ccc(CN2CCCN(CCC(O)(c3ccc(Cl)cc3)c3cccc(O)c3)CC2)cc1. The number of hydrogen-bond acceptors (Lipinski definition) is 6. The van der Waals surface area contributed by atoms with Gasteiger partial charge in [0.25, 0.3) is 0 Å². The molecule has 0 amide bonds. The molecule has 0 aromatic heterocycles. The second kappa shape index (κ2) is 11.3. The highest BCUT2D eigenvalue weighted by molar-refractivity contribution is 7.90. The summed E-state index contributed by atoms with van der Waals surface area (Å²) in [6.45, 7) is 5.12. The summed E-state index contributed by atoms with van der Waals surface area (Å²) in [5, 5.41) is 22.5. The number of nitrogens with zero attached hydrogens (tertiary/aromatic N) is 2. The van der Waals surface area contributed by atoms with E-state index in [1.54, 1.807) is 42.5 Å². The lowest BCUT2D eigenvalue weighted by atomic mass is 9.83. The topological polar surface area (TPSA) is 81.1 Å². The lowest BCUT2D eigenvalue weighted by molar-refractivity contribution is 0.0575. The van der Waals surface area contributed by atoms with Gasteiger partial charge >= 0.3 is 0 Å². The highest BCUT2D eigenvalue weighted by atomic mass is 35.5. The zero-order valence-electron chi connectivity index (χ0n) is 20.5. The maximum Gasteiger partial charge on any atom is 0.175 e. The van der Waals surface area contributed by atoms with Crippen LogP contribution in [-0.2, 0) is 22.0 Å². The molecule has 1 fully saturated rings. The van der Waals surface area contributed by atoms with E-state index >= 15 is 0 Å². The second-order valence-corrected chi connectivity index (χ2v) is 12.0. The third-order valence-electron chi connectivity index (χ3n) is 6.87. The first-order valence-corrected chi connectivity index (χ1v) is 14.4. The van der Waals surface area contributed by atoms with E-state index in [0.29, 0.717) is 28.4 Å². The molecule has 0 aliphatic carbocycles. The van der Waals surface area contributed by atoms with Gasteiger partial charge in [-0.3, -0.25) is 4.90 Å². The summed E-state index contributed by atoms with van der Waals surface area (Å²) in [5.74, 6) is 0.120. The number of aliphatic hydroxyl groups is 1. The van der Waals surface area contributed by atoms with Gasteiger partial charge < -0.3 is 15.1 Å². The fourth-order valence-corrected chi connectivity index (χ4v) is 5.53. The molecule has 1 aliphatic rings. The maximum atomic E-state index is 11.9. The monoisotopic (exact) mass is 528 g/mol. The first-order chi connectivity index (χ1) is 17.1. The predicted octanol–water partition coefficient (Wildman–Crippen LogP) is 4.28. The zero-order chi connectivity index (χ0) is 25.8. The number of benzene rings is 3. The zero-order valence-corrected chi connectivity index (χ0v) is 22.0. The largest absolute Gasteiger partial charge is 0.508 e. The molecule has 1 aliphatic heterocycles. The first kappa shape index (κ1) is 26.6. The first-order valence-electron chi connectivity index (χ1n) is 12.2. The fraction of sp³-hybridized carbons (Fsp3) is 0.357. The van der Waals surface area contributed by atoms with Crippen molar-refractivity contribution in [3.63, 3.8) is 0 Å². The quantitative estimate of drug-likeness (QED) is 0.454. The van der Waals surface area contributed by atoms with Crippen LogP contribution >= 0.6 is 11.6 Å². The molecule has 1 heterocycles. The van der Waals surface area contributed by atoms with Crippen molar-refractivity contribution in [1.29, 1.82) is 0 Å². The van der Waals surface area contributed by atoms with Gasteiger partial charge in [-0.2, -0.15) is 0 Å². The molecular weight excluding hydrogens is 496 g/mol. The van der Waals surface area contributed by atoms with Crippen molar-refractivity contribution < 1.29 is 18.6 Å². The normalized spacial score (nSPS) is 17.4. The summed E-state index contributed by atoms with van der Waals surface area (Å²) < 4.78 is 23.4. The smallest absolute Gasteiger partial charge is 0.175 e. The van der Waals surface area contributed by atoms with E-state index in [4.69, 9.17) is 11.6 Å². The molecule has 6 nitrogen and oxygen atoms in total. The Balaban J connectivity index is 1.41.